The van der Waals surface area contributed by atoms with E-state index in [1.165, 1.54) is 24.1 Å². The molecule has 0 radical (unpaired) electrons. The van der Waals surface area contributed by atoms with Gasteiger partial charge in [0.1, 0.15) is 30.0 Å². The molecule has 0 fully saturated rings. The number of rotatable bonds is 3. The van der Waals surface area contributed by atoms with Crippen molar-refractivity contribution in [1.29, 1.82) is 0 Å². The van der Waals surface area contributed by atoms with Crippen molar-refractivity contribution in [3.05, 3.63) is 53.6 Å². The molecule has 1 aromatic carbocycles. The van der Waals surface area contributed by atoms with Crippen LogP contribution >= 0.6 is 0 Å². The highest BCUT2D eigenvalue weighted by atomic mass is 16.5. The van der Waals surface area contributed by atoms with Gasteiger partial charge in [-0.3, -0.25) is 4.98 Å². The van der Waals surface area contributed by atoms with Crippen molar-refractivity contribution in [2.45, 2.75) is 39.2 Å². The first kappa shape index (κ1) is 20.0. The summed E-state index contributed by atoms with van der Waals surface area (Å²) in [6.45, 7) is 4.47. The van der Waals surface area contributed by atoms with E-state index in [1.807, 2.05) is 6.20 Å². The molecule has 0 saturated heterocycles. The normalized spacial score (nSPS) is 17.8. The van der Waals surface area contributed by atoms with E-state index >= 15 is 0 Å². The molecule has 4 N–H and O–H groups in total. The number of nitrogens with one attached hydrogen (secondary N) is 2. The number of benzene rings is 1. The molecule has 1 aliphatic carbocycles. The van der Waals surface area contributed by atoms with Gasteiger partial charge in [-0.25, -0.2) is 15.0 Å². The zero-order valence-corrected chi connectivity index (χ0v) is 18.8. The van der Waals surface area contributed by atoms with E-state index < -0.39 is 0 Å². The molecule has 0 bridgehead atoms. The molecule has 33 heavy (non-hydrogen) atoms. The molecule has 1 atom stereocenters. The Bertz CT molecular complexity index is 1330. The zero-order valence-electron chi connectivity index (χ0n) is 18.8. The number of nitrogens with two attached hydrogens (primary N) is 1. The molecule has 0 amide bonds. The third-order valence-corrected chi connectivity index (χ3v) is 6.96. The summed E-state index contributed by atoms with van der Waals surface area (Å²) in [6, 6.07) is 8.45. The van der Waals surface area contributed by atoms with E-state index in [0.29, 0.717) is 12.6 Å². The molecule has 6 rings (SSSR count). The number of nitrogen functional groups attached to an aromatic ring is 1. The number of nitrogens with zero attached hydrogens (tertiary/aromatic N) is 4. The Morgan fingerprint density at radius 2 is 2.18 bits per heavy atom. The SMILES string of the molecule is CC[C@H]1CCc2c(ncnc2N2CCOc3ccc(-c4c[nH+]c5nc(N)[nH]c5c4)cc3C2)C1. The van der Waals surface area contributed by atoms with Crippen LogP contribution in [0, 0.1) is 5.92 Å². The fourth-order valence-corrected chi connectivity index (χ4v) is 5.10. The highest BCUT2D eigenvalue weighted by Gasteiger charge is 2.26. The van der Waals surface area contributed by atoms with Gasteiger partial charge in [0.15, 0.2) is 0 Å². The number of H-pyrrole nitrogens is 2. The average molecular weight is 443 g/mol. The maximum Gasteiger partial charge on any atom is 0.349 e. The predicted octanol–water partition coefficient (Wildman–Crippen LogP) is 3.33. The number of hydrogen-bond acceptors (Lipinski definition) is 6. The third-order valence-electron chi connectivity index (χ3n) is 6.96. The van der Waals surface area contributed by atoms with Crippen molar-refractivity contribution in [3.63, 3.8) is 0 Å². The fourth-order valence-electron chi connectivity index (χ4n) is 5.10. The molecule has 4 aromatic rings. The molecule has 2 aliphatic rings. The van der Waals surface area contributed by atoms with Gasteiger partial charge < -0.3 is 15.4 Å². The second-order valence-corrected chi connectivity index (χ2v) is 9.00. The molecule has 168 valence electrons. The lowest BCUT2D eigenvalue weighted by Crippen LogP contribution is -2.29. The maximum absolute atomic E-state index is 6.12. The van der Waals surface area contributed by atoms with E-state index in [9.17, 15) is 0 Å². The Kier molecular flexibility index (Phi) is 4.86. The van der Waals surface area contributed by atoms with Crippen molar-refractivity contribution in [1.82, 2.24) is 19.9 Å². The number of aromatic nitrogens is 5. The molecule has 0 saturated carbocycles. The van der Waals surface area contributed by atoms with Crippen LogP contribution in [-0.2, 0) is 19.4 Å². The summed E-state index contributed by atoms with van der Waals surface area (Å²) >= 11 is 0. The van der Waals surface area contributed by atoms with Crippen LogP contribution in [0.2, 0.25) is 0 Å². The number of ether oxygens (including phenoxy) is 1. The second-order valence-electron chi connectivity index (χ2n) is 9.00. The topological polar surface area (TPSA) is 107 Å². The minimum Gasteiger partial charge on any atom is -0.491 e. The number of hydrogen-bond donors (Lipinski definition) is 2. The summed E-state index contributed by atoms with van der Waals surface area (Å²) in [4.78, 5) is 22.3. The maximum atomic E-state index is 6.12. The first-order chi connectivity index (χ1) is 16.2. The second kappa shape index (κ2) is 8.03. The largest absolute Gasteiger partial charge is 0.491 e. The molecule has 8 heteroatoms. The number of aromatic amines is 2. The number of pyridine rings is 1. The van der Waals surface area contributed by atoms with Gasteiger partial charge >= 0.3 is 11.6 Å². The van der Waals surface area contributed by atoms with E-state index in [2.05, 4.69) is 56.0 Å². The standard InChI is InChI=1S/C25H27N7O/c1-2-15-3-5-19-20(9-15)28-14-29-24(19)32-7-8-33-22-6-4-16(10-18(22)13-32)17-11-21-23(27-12-17)31-25(26)30-21/h4,6,10-12,14-15H,2-3,5,7-9,13H2,1H3,(H3,26,27,30,31)/p+1/t15-/m0/s1. The van der Waals surface area contributed by atoms with E-state index in [0.717, 1.165) is 71.3 Å². The smallest absolute Gasteiger partial charge is 0.349 e. The Morgan fingerprint density at radius 1 is 1.24 bits per heavy atom. The Hall–Kier alpha value is -3.68. The van der Waals surface area contributed by atoms with E-state index in [1.54, 1.807) is 6.33 Å². The van der Waals surface area contributed by atoms with Gasteiger partial charge in [0.2, 0.25) is 0 Å². The van der Waals surface area contributed by atoms with Crippen LogP contribution in [0.15, 0.2) is 36.8 Å². The number of imidazole rings is 1. The zero-order chi connectivity index (χ0) is 22.4. The van der Waals surface area contributed by atoms with Gasteiger partial charge in [-0.2, -0.15) is 0 Å². The average Bonchev–Trinajstić information content (AvgIpc) is 3.09. The molecular weight excluding hydrogens is 414 g/mol. The van der Waals surface area contributed by atoms with Crippen LogP contribution in [-0.4, -0.2) is 33.1 Å². The summed E-state index contributed by atoms with van der Waals surface area (Å²) in [5.74, 6) is 3.14. The lowest BCUT2D eigenvalue weighted by molar-refractivity contribution is -0.346. The van der Waals surface area contributed by atoms with Gasteiger partial charge in [0, 0.05) is 28.9 Å². The first-order valence-electron chi connectivity index (χ1n) is 11.7. The van der Waals surface area contributed by atoms with Gasteiger partial charge in [-0.05, 0) is 53.9 Å². The monoisotopic (exact) mass is 442 g/mol. The minimum atomic E-state index is 0.405. The number of anilines is 2. The van der Waals surface area contributed by atoms with E-state index in [-0.39, 0.29) is 0 Å². The molecule has 1 aliphatic heterocycles. The summed E-state index contributed by atoms with van der Waals surface area (Å²) in [6.07, 6.45) is 8.23. The fraction of sp³-hybridized carbons (Fsp3) is 0.360. The summed E-state index contributed by atoms with van der Waals surface area (Å²) in [5.41, 5.74) is 13.3. The van der Waals surface area contributed by atoms with Crippen molar-refractivity contribution < 1.29 is 9.72 Å². The summed E-state index contributed by atoms with van der Waals surface area (Å²) in [7, 11) is 0. The lowest BCUT2D eigenvalue weighted by atomic mass is 9.85. The molecule has 4 heterocycles. The minimum absolute atomic E-state index is 0.405. The highest BCUT2D eigenvalue weighted by Crippen LogP contribution is 2.35. The van der Waals surface area contributed by atoms with Crippen molar-refractivity contribution in [2.24, 2.45) is 5.92 Å². The van der Waals surface area contributed by atoms with Crippen LogP contribution in [0.3, 0.4) is 0 Å². The van der Waals surface area contributed by atoms with E-state index in [4.69, 9.17) is 15.5 Å². The summed E-state index contributed by atoms with van der Waals surface area (Å²) < 4.78 is 6.12. The molecule has 3 aromatic heterocycles. The van der Waals surface area contributed by atoms with Gasteiger partial charge in [0.25, 0.3) is 0 Å². The van der Waals surface area contributed by atoms with Gasteiger partial charge in [-0.15, -0.1) is 0 Å². The van der Waals surface area contributed by atoms with Crippen LogP contribution in [0.25, 0.3) is 22.3 Å². The quantitative estimate of drug-likeness (QED) is 0.504. The predicted molar refractivity (Wildman–Crippen MR) is 127 cm³/mol. The highest BCUT2D eigenvalue weighted by molar-refractivity contribution is 5.77. The van der Waals surface area contributed by atoms with Crippen LogP contribution in [0.1, 0.15) is 36.6 Å². The molecular formula is C25H28N7O+. The van der Waals surface area contributed by atoms with Crippen molar-refractivity contribution >= 4 is 22.9 Å². The van der Waals surface area contributed by atoms with Crippen molar-refractivity contribution in [2.75, 3.05) is 23.8 Å². The molecule has 0 spiro atoms. The van der Waals surface area contributed by atoms with Gasteiger partial charge in [0.05, 0.1) is 12.7 Å². The third kappa shape index (κ3) is 3.65. The number of fused-ring (bicyclic) bond motifs is 3. The lowest BCUT2D eigenvalue weighted by Gasteiger charge is -2.29. The van der Waals surface area contributed by atoms with Crippen LogP contribution in [0.5, 0.6) is 5.75 Å². The van der Waals surface area contributed by atoms with Crippen molar-refractivity contribution in [3.8, 4) is 16.9 Å². The van der Waals surface area contributed by atoms with Gasteiger partial charge in [-0.1, -0.05) is 19.4 Å². The Balaban J connectivity index is 1.34. The summed E-state index contributed by atoms with van der Waals surface area (Å²) in [5, 5.41) is 0. The Morgan fingerprint density at radius 3 is 3.09 bits per heavy atom. The molecule has 0 unspecified atom stereocenters. The molecule has 8 nitrogen and oxygen atoms in total. The van der Waals surface area contributed by atoms with Crippen LogP contribution in [0.4, 0.5) is 11.8 Å². The first-order valence-corrected chi connectivity index (χ1v) is 11.7. The van der Waals surface area contributed by atoms with Crippen LogP contribution < -0.4 is 20.4 Å². The Labute approximate surface area is 192 Å².